The highest BCUT2D eigenvalue weighted by Gasteiger charge is 2.30. The fraction of sp³-hybridized carbons (Fsp3) is 0.949. The molecule has 0 amide bonds. The lowest BCUT2D eigenvalue weighted by Crippen LogP contribution is -2.30. The van der Waals surface area contributed by atoms with Gasteiger partial charge < -0.3 is 33.8 Å². The fourth-order valence-corrected chi connectivity index (χ4v) is 13.5. The zero-order valence-corrected chi connectivity index (χ0v) is 65.3. The van der Waals surface area contributed by atoms with E-state index in [1.54, 1.807) is 0 Å². The van der Waals surface area contributed by atoms with Gasteiger partial charge in [0.15, 0.2) is 12.2 Å². The van der Waals surface area contributed by atoms with Crippen molar-refractivity contribution in [2.45, 2.75) is 420 Å². The molecule has 0 saturated carbocycles. The largest absolute Gasteiger partial charge is 0.472 e. The number of aliphatic hydroxyl groups excluding tert-OH is 1. The second-order valence-corrected chi connectivity index (χ2v) is 32.4. The summed E-state index contributed by atoms with van der Waals surface area (Å²) in [5, 5.41) is 10.6. The van der Waals surface area contributed by atoms with Gasteiger partial charge in [0.25, 0.3) is 0 Å². The van der Waals surface area contributed by atoms with E-state index in [0.717, 1.165) is 102 Å². The van der Waals surface area contributed by atoms with Crippen molar-refractivity contribution in [3.05, 3.63) is 0 Å². The lowest BCUT2D eigenvalue weighted by atomic mass is 10.0. The van der Waals surface area contributed by atoms with Crippen LogP contribution < -0.4 is 0 Å². The maximum Gasteiger partial charge on any atom is 0.472 e. The third-order valence-electron chi connectivity index (χ3n) is 18.1. The number of phosphoric acid groups is 2. The predicted molar refractivity (Wildman–Crippen MR) is 395 cm³/mol. The van der Waals surface area contributed by atoms with Crippen LogP contribution in [0.5, 0.6) is 0 Å². The Kier molecular flexibility index (Phi) is 67.1. The van der Waals surface area contributed by atoms with Crippen LogP contribution in [0.15, 0.2) is 0 Å². The van der Waals surface area contributed by atoms with E-state index in [-0.39, 0.29) is 25.7 Å². The van der Waals surface area contributed by atoms with Gasteiger partial charge in [-0.3, -0.25) is 37.3 Å². The number of carbonyl (C=O) groups excluding carboxylic acids is 4. The molecule has 0 aliphatic heterocycles. The summed E-state index contributed by atoms with van der Waals surface area (Å²) in [6, 6.07) is 0. The summed E-state index contributed by atoms with van der Waals surface area (Å²) in [7, 11) is -9.91. The van der Waals surface area contributed by atoms with E-state index in [0.29, 0.717) is 37.5 Å². The minimum atomic E-state index is -4.96. The molecule has 0 aliphatic carbocycles. The Morgan fingerprint density at radius 3 is 0.701 bits per heavy atom. The number of carbonyl (C=O) groups is 4. The van der Waals surface area contributed by atoms with E-state index in [9.17, 15) is 43.2 Å². The summed E-state index contributed by atoms with van der Waals surface area (Å²) in [5.41, 5.74) is 0. The number of esters is 4. The van der Waals surface area contributed by atoms with Crippen LogP contribution in [-0.2, 0) is 65.4 Å². The molecule has 0 rings (SSSR count). The molecule has 0 bridgehead atoms. The standard InChI is InChI=1S/C78H152O17P2/c1-8-9-10-11-12-13-14-15-16-17-18-19-20-21-24-28-31-34-37-47-54-61-77(82)94-73(65-88-75(80)59-52-45-36-33-30-27-25-22-23-26-29-32-35-42-49-56-69(2)3)67-92-96(84,85)90-63-72(79)64-91-97(86,87)93-68-74(95-78(83)62-55-48-41-39-44-51-58-71(6)7)66-89-76(81)60-53-46-40-38-43-50-57-70(4)5/h69-74,79H,8-68H2,1-7H3,(H,84,85)(H,86,87)/t72-,73-,74-/m1/s1. The first-order valence-electron chi connectivity index (χ1n) is 40.3. The first kappa shape index (κ1) is 95.1. The number of hydrogen-bond acceptors (Lipinski definition) is 15. The van der Waals surface area contributed by atoms with Crippen LogP contribution in [0.25, 0.3) is 0 Å². The van der Waals surface area contributed by atoms with E-state index < -0.39 is 97.5 Å². The summed E-state index contributed by atoms with van der Waals surface area (Å²) in [4.78, 5) is 72.7. The van der Waals surface area contributed by atoms with E-state index >= 15 is 0 Å². The first-order valence-corrected chi connectivity index (χ1v) is 43.3. The van der Waals surface area contributed by atoms with Crippen molar-refractivity contribution in [3.8, 4) is 0 Å². The van der Waals surface area contributed by atoms with Gasteiger partial charge in [0.1, 0.15) is 19.3 Å². The number of ether oxygens (including phenoxy) is 4. The van der Waals surface area contributed by atoms with Crippen LogP contribution in [-0.4, -0.2) is 96.7 Å². The minimum Gasteiger partial charge on any atom is -0.462 e. The Morgan fingerprint density at radius 1 is 0.278 bits per heavy atom. The molecule has 97 heavy (non-hydrogen) atoms. The molecule has 576 valence electrons. The molecule has 0 aromatic carbocycles. The molecule has 19 heteroatoms. The second kappa shape index (κ2) is 68.5. The van der Waals surface area contributed by atoms with Crippen molar-refractivity contribution < 1.29 is 80.2 Å². The lowest BCUT2D eigenvalue weighted by molar-refractivity contribution is -0.161. The molecular weight excluding hydrogens is 1270 g/mol. The normalized spacial score (nSPS) is 14.0. The number of unbranched alkanes of at least 4 members (excludes halogenated alkanes) is 44. The monoisotopic (exact) mass is 1420 g/mol. The van der Waals surface area contributed by atoms with Crippen molar-refractivity contribution in [3.63, 3.8) is 0 Å². The van der Waals surface area contributed by atoms with Gasteiger partial charge >= 0.3 is 39.5 Å². The average Bonchev–Trinajstić information content (AvgIpc) is 1.19. The smallest absolute Gasteiger partial charge is 0.462 e. The van der Waals surface area contributed by atoms with Gasteiger partial charge in [-0.15, -0.1) is 0 Å². The number of phosphoric ester groups is 2. The SMILES string of the molecule is CCCCCCCCCCCCCCCCCCCCCCCC(=O)O[C@H](COC(=O)CCCCCCCCCCCCCCCCCC(C)C)COP(=O)(O)OC[C@@H](O)COP(=O)(O)OC[C@@H](COC(=O)CCCCCCCCC(C)C)OC(=O)CCCCCCCCC(C)C. The molecular formula is C78H152O17P2. The Hall–Kier alpha value is -1.94. The third kappa shape index (κ3) is 72.2. The minimum absolute atomic E-state index is 0.101. The maximum absolute atomic E-state index is 13.1. The van der Waals surface area contributed by atoms with Gasteiger partial charge in [-0.25, -0.2) is 9.13 Å². The molecule has 5 atom stereocenters. The quantitative estimate of drug-likeness (QED) is 0.0222. The predicted octanol–water partition coefficient (Wildman–Crippen LogP) is 23.0. The lowest BCUT2D eigenvalue weighted by Gasteiger charge is -2.21. The number of rotatable bonds is 76. The Bertz CT molecular complexity index is 1890. The average molecular weight is 1420 g/mol. The molecule has 0 aromatic rings. The molecule has 0 aliphatic rings. The van der Waals surface area contributed by atoms with Gasteiger partial charge in [-0.05, 0) is 43.4 Å². The van der Waals surface area contributed by atoms with Crippen LogP contribution in [0.2, 0.25) is 0 Å². The van der Waals surface area contributed by atoms with Crippen LogP contribution in [0.3, 0.4) is 0 Å². The summed E-state index contributed by atoms with van der Waals surface area (Å²) >= 11 is 0. The zero-order chi connectivity index (χ0) is 71.6. The molecule has 0 heterocycles. The van der Waals surface area contributed by atoms with Crippen LogP contribution in [0.4, 0.5) is 0 Å². The molecule has 0 fully saturated rings. The second-order valence-electron chi connectivity index (χ2n) is 29.5. The van der Waals surface area contributed by atoms with E-state index in [2.05, 4.69) is 48.5 Å². The molecule has 0 spiro atoms. The first-order chi connectivity index (χ1) is 46.7. The van der Waals surface area contributed by atoms with E-state index in [4.69, 9.17) is 37.0 Å². The third-order valence-corrected chi connectivity index (χ3v) is 20.0. The highest BCUT2D eigenvalue weighted by molar-refractivity contribution is 7.47. The summed E-state index contributed by atoms with van der Waals surface area (Å²) < 4.78 is 68.5. The van der Waals surface area contributed by atoms with Crippen LogP contribution in [0.1, 0.15) is 402 Å². The van der Waals surface area contributed by atoms with Crippen molar-refractivity contribution in [2.75, 3.05) is 39.6 Å². The van der Waals surface area contributed by atoms with Gasteiger partial charge in [-0.1, -0.05) is 350 Å². The van der Waals surface area contributed by atoms with Crippen molar-refractivity contribution in [1.82, 2.24) is 0 Å². The van der Waals surface area contributed by atoms with Crippen molar-refractivity contribution >= 4 is 39.5 Å². The fourth-order valence-electron chi connectivity index (χ4n) is 12.0. The molecule has 0 aromatic heterocycles. The summed E-state index contributed by atoms with van der Waals surface area (Å²) in [5.74, 6) is 0.0311. The summed E-state index contributed by atoms with van der Waals surface area (Å²) in [6.07, 6.45) is 56.1. The van der Waals surface area contributed by atoms with Gasteiger partial charge in [0, 0.05) is 25.7 Å². The zero-order valence-electron chi connectivity index (χ0n) is 63.5. The number of aliphatic hydroxyl groups is 1. The van der Waals surface area contributed by atoms with E-state index in [1.165, 1.54) is 205 Å². The molecule has 0 saturated heterocycles. The van der Waals surface area contributed by atoms with Crippen LogP contribution in [0, 0.1) is 17.8 Å². The molecule has 0 radical (unpaired) electrons. The van der Waals surface area contributed by atoms with Gasteiger partial charge in [0.05, 0.1) is 26.4 Å². The maximum atomic E-state index is 13.1. The van der Waals surface area contributed by atoms with Gasteiger partial charge in [-0.2, -0.15) is 0 Å². The van der Waals surface area contributed by atoms with Crippen molar-refractivity contribution in [2.24, 2.45) is 17.8 Å². The molecule has 2 unspecified atom stereocenters. The summed E-state index contributed by atoms with van der Waals surface area (Å²) in [6.45, 7) is 11.8. The Labute approximate surface area is 594 Å². The Morgan fingerprint density at radius 2 is 0.474 bits per heavy atom. The molecule has 3 N–H and O–H groups in total. The number of hydrogen-bond donors (Lipinski definition) is 3. The Balaban J connectivity index is 5.17. The molecule has 17 nitrogen and oxygen atoms in total. The topological polar surface area (TPSA) is 237 Å². The highest BCUT2D eigenvalue weighted by atomic mass is 31.2. The highest BCUT2D eigenvalue weighted by Crippen LogP contribution is 2.45. The van der Waals surface area contributed by atoms with Gasteiger partial charge in [0.2, 0.25) is 0 Å². The van der Waals surface area contributed by atoms with Crippen molar-refractivity contribution in [1.29, 1.82) is 0 Å². The van der Waals surface area contributed by atoms with Crippen LogP contribution >= 0.6 is 15.6 Å². The van der Waals surface area contributed by atoms with E-state index in [1.807, 2.05) is 0 Å².